The number of hydrogen-bond donors (Lipinski definition) is 2. The predicted molar refractivity (Wildman–Crippen MR) is 74.0 cm³/mol. The molecule has 1 atom stereocenters. The standard InChI is InChI=1S/C14H24N2O4/c1-9(12(18)19)16(10-5-6-10)11(17)7-8-15-13(20)14(2,3)4/h9-10H,5-8H2,1-4H3,(H,15,20)(H,18,19). The molecule has 0 bridgehead atoms. The van der Waals surface area contributed by atoms with Gasteiger partial charge in [0.05, 0.1) is 0 Å². The number of carbonyl (C=O) groups is 3. The van der Waals surface area contributed by atoms with Gasteiger partial charge in [-0.15, -0.1) is 0 Å². The second-order valence-corrected chi connectivity index (χ2v) is 6.30. The van der Waals surface area contributed by atoms with Gasteiger partial charge in [-0.2, -0.15) is 0 Å². The molecule has 1 aliphatic rings. The SMILES string of the molecule is CC(C(=O)O)N(C(=O)CCNC(=O)C(C)(C)C)C1CC1. The number of aliphatic carboxylic acids is 1. The van der Waals surface area contributed by atoms with Crippen molar-refractivity contribution in [2.24, 2.45) is 5.41 Å². The third-order valence-electron chi connectivity index (χ3n) is 3.31. The van der Waals surface area contributed by atoms with Crippen LogP contribution < -0.4 is 5.32 Å². The Morgan fingerprint density at radius 2 is 1.85 bits per heavy atom. The summed E-state index contributed by atoms with van der Waals surface area (Å²) in [5, 5.41) is 11.7. The van der Waals surface area contributed by atoms with Gasteiger partial charge in [-0.3, -0.25) is 9.59 Å². The third kappa shape index (κ3) is 4.51. The van der Waals surface area contributed by atoms with Crippen LogP contribution in [0.15, 0.2) is 0 Å². The fourth-order valence-electron chi connectivity index (χ4n) is 1.88. The molecule has 1 rings (SSSR count). The minimum absolute atomic E-state index is 0.0481. The van der Waals surface area contributed by atoms with Gasteiger partial charge in [0.25, 0.3) is 0 Å². The van der Waals surface area contributed by atoms with Crippen molar-refractivity contribution >= 4 is 17.8 Å². The number of nitrogens with zero attached hydrogens (tertiary/aromatic N) is 1. The molecule has 114 valence electrons. The highest BCUT2D eigenvalue weighted by molar-refractivity contribution is 5.85. The number of hydrogen-bond acceptors (Lipinski definition) is 3. The second-order valence-electron chi connectivity index (χ2n) is 6.30. The van der Waals surface area contributed by atoms with Crippen LogP contribution in [0.25, 0.3) is 0 Å². The van der Waals surface area contributed by atoms with Crippen molar-refractivity contribution in [1.29, 1.82) is 0 Å². The van der Waals surface area contributed by atoms with Crippen molar-refractivity contribution in [1.82, 2.24) is 10.2 Å². The first kappa shape index (κ1) is 16.5. The van der Waals surface area contributed by atoms with Crippen LogP contribution in [0.4, 0.5) is 0 Å². The third-order valence-corrected chi connectivity index (χ3v) is 3.31. The van der Waals surface area contributed by atoms with E-state index in [1.54, 1.807) is 20.8 Å². The molecule has 6 nitrogen and oxygen atoms in total. The minimum atomic E-state index is -0.996. The maximum absolute atomic E-state index is 12.1. The van der Waals surface area contributed by atoms with Crippen molar-refractivity contribution in [3.8, 4) is 0 Å². The van der Waals surface area contributed by atoms with Crippen molar-refractivity contribution in [3.63, 3.8) is 0 Å². The zero-order valence-electron chi connectivity index (χ0n) is 12.6. The maximum atomic E-state index is 12.1. The Labute approximate surface area is 119 Å². The molecule has 0 aromatic carbocycles. The van der Waals surface area contributed by atoms with E-state index in [9.17, 15) is 14.4 Å². The van der Waals surface area contributed by atoms with E-state index < -0.39 is 17.4 Å². The van der Waals surface area contributed by atoms with Crippen LogP contribution in [0, 0.1) is 5.41 Å². The highest BCUT2D eigenvalue weighted by atomic mass is 16.4. The van der Waals surface area contributed by atoms with E-state index in [1.165, 1.54) is 11.8 Å². The van der Waals surface area contributed by atoms with E-state index in [2.05, 4.69) is 5.32 Å². The van der Waals surface area contributed by atoms with Gasteiger partial charge in [-0.25, -0.2) is 4.79 Å². The quantitative estimate of drug-likeness (QED) is 0.762. The Balaban J connectivity index is 2.48. The molecule has 1 unspecified atom stereocenters. The van der Waals surface area contributed by atoms with E-state index in [1.807, 2.05) is 0 Å². The van der Waals surface area contributed by atoms with Crippen molar-refractivity contribution < 1.29 is 19.5 Å². The van der Waals surface area contributed by atoms with Crippen LogP contribution in [0.3, 0.4) is 0 Å². The topological polar surface area (TPSA) is 86.7 Å². The average molecular weight is 284 g/mol. The fraction of sp³-hybridized carbons (Fsp3) is 0.786. The second kappa shape index (κ2) is 6.24. The summed E-state index contributed by atoms with van der Waals surface area (Å²) in [6.45, 7) is 7.16. The lowest BCUT2D eigenvalue weighted by Crippen LogP contribution is -2.46. The molecule has 1 fully saturated rings. The fourth-order valence-corrected chi connectivity index (χ4v) is 1.88. The molecule has 0 heterocycles. The van der Waals surface area contributed by atoms with E-state index in [0.29, 0.717) is 0 Å². The molecule has 0 aromatic rings. The van der Waals surface area contributed by atoms with Gasteiger partial charge < -0.3 is 15.3 Å². The molecule has 0 radical (unpaired) electrons. The lowest BCUT2D eigenvalue weighted by atomic mass is 9.96. The predicted octanol–water partition coefficient (Wildman–Crippen LogP) is 1.00. The Morgan fingerprint density at radius 3 is 2.25 bits per heavy atom. The minimum Gasteiger partial charge on any atom is -0.480 e. The van der Waals surface area contributed by atoms with Crippen LogP contribution >= 0.6 is 0 Å². The van der Waals surface area contributed by atoms with Crippen LogP contribution in [0.1, 0.15) is 47.0 Å². The lowest BCUT2D eigenvalue weighted by molar-refractivity contribution is -0.150. The van der Waals surface area contributed by atoms with E-state index in [4.69, 9.17) is 5.11 Å². The average Bonchev–Trinajstić information content (AvgIpc) is 3.12. The Bertz CT molecular complexity index is 396. The maximum Gasteiger partial charge on any atom is 0.326 e. The summed E-state index contributed by atoms with van der Waals surface area (Å²) in [5.74, 6) is -1.32. The van der Waals surface area contributed by atoms with Crippen LogP contribution in [-0.2, 0) is 14.4 Å². The molecule has 0 aromatic heterocycles. The van der Waals surface area contributed by atoms with Crippen LogP contribution in [0.5, 0.6) is 0 Å². The Morgan fingerprint density at radius 1 is 1.30 bits per heavy atom. The molecule has 0 aliphatic heterocycles. The molecule has 0 saturated heterocycles. The zero-order valence-corrected chi connectivity index (χ0v) is 12.6. The number of amides is 2. The number of rotatable bonds is 6. The van der Waals surface area contributed by atoms with Gasteiger partial charge >= 0.3 is 5.97 Å². The smallest absolute Gasteiger partial charge is 0.326 e. The summed E-state index contributed by atoms with van der Waals surface area (Å²) in [5.41, 5.74) is -0.492. The first-order valence-corrected chi connectivity index (χ1v) is 6.97. The molecule has 0 spiro atoms. The van der Waals surface area contributed by atoms with Crippen LogP contribution in [0.2, 0.25) is 0 Å². The normalized spacial score (nSPS) is 16.4. The first-order valence-electron chi connectivity index (χ1n) is 6.97. The highest BCUT2D eigenvalue weighted by Crippen LogP contribution is 2.29. The van der Waals surface area contributed by atoms with E-state index in [0.717, 1.165) is 12.8 Å². The van der Waals surface area contributed by atoms with Crippen molar-refractivity contribution in [2.45, 2.75) is 59.0 Å². The highest BCUT2D eigenvalue weighted by Gasteiger charge is 2.38. The summed E-state index contributed by atoms with van der Waals surface area (Å²) in [6.07, 6.45) is 1.85. The molecular weight excluding hydrogens is 260 g/mol. The summed E-state index contributed by atoms with van der Waals surface area (Å²) >= 11 is 0. The lowest BCUT2D eigenvalue weighted by Gasteiger charge is -2.27. The molecular formula is C14H24N2O4. The number of carboxylic acid groups (broad SMARTS) is 1. The molecule has 1 aliphatic carbocycles. The van der Waals surface area contributed by atoms with Crippen molar-refractivity contribution in [3.05, 3.63) is 0 Å². The van der Waals surface area contributed by atoms with Gasteiger partial charge in [0, 0.05) is 24.4 Å². The van der Waals surface area contributed by atoms with Crippen LogP contribution in [-0.4, -0.2) is 46.4 Å². The Hall–Kier alpha value is -1.59. The monoisotopic (exact) mass is 284 g/mol. The van der Waals surface area contributed by atoms with Gasteiger partial charge in [0.2, 0.25) is 11.8 Å². The summed E-state index contributed by atoms with van der Waals surface area (Å²) in [7, 11) is 0. The van der Waals surface area contributed by atoms with Gasteiger partial charge in [0.15, 0.2) is 0 Å². The summed E-state index contributed by atoms with van der Waals surface area (Å²) in [6, 6.07) is -0.764. The van der Waals surface area contributed by atoms with Gasteiger partial charge in [-0.05, 0) is 19.8 Å². The number of nitrogens with one attached hydrogen (secondary N) is 1. The number of carboxylic acids is 1. The van der Waals surface area contributed by atoms with Gasteiger partial charge in [0.1, 0.15) is 6.04 Å². The summed E-state index contributed by atoms with van der Waals surface area (Å²) < 4.78 is 0. The zero-order chi connectivity index (χ0) is 15.5. The molecule has 6 heteroatoms. The van der Waals surface area contributed by atoms with E-state index in [-0.39, 0.29) is 30.8 Å². The Kier molecular flexibility index (Phi) is 5.14. The molecule has 1 saturated carbocycles. The molecule has 2 amide bonds. The molecule has 20 heavy (non-hydrogen) atoms. The van der Waals surface area contributed by atoms with Crippen molar-refractivity contribution in [2.75, 3.05) is 6.54 Å². The van der Waals surface area contributed by atoms with E-state index >= 15 is 0 Å². The largest absolute Gasteiger partial charge is 0.480 e. The summed E-state index contributed by atoms with van der Waals surface area (Å²) in [4.78, 5) is 36.3. The molecule has 2 N–H and O–H groups in total. The first-order chi connectivity index (χ1) is 9.14. The van der Waals surface area contributed by atoms with Gasteiger partial charge in [-0.1, -0.05) is 20.8 Å². The number of carbonyl (C=O) groups excluding carboxylic acids is 2.